The number of alkyl halides is 4. The van der Waals surface area contributed by atoms with E-state index in [-0.39, 0.29) is 48.2 Å². The molecule has 0 radical (unpaired) electrons. The van der Waals surface area contributed by atoms with Crippen molar-refractivity contribution in [1.29, 1.82) is 0 Å². The Labute approximate surface area is 338 Å². The first-order valence-corrected chi connectivity index (χ1v) is 19.8. The van der Waals surface area contributed by atoms with E-state index in [9.17, 15) is 41.8 Å². The number of benzene rings is 3. The number of H-pyrrole nitrogens is 1. The third-order valence-corrected chi connectivity index (χ3v) is 11.6. The highest BCUT2D eigenvalue weighted by Gasteiger charge is 2.65. The number of carbonyl (C=O) groups excluding carboxylic acids is 3. The van der Waals surface area contributed by atoms with Crippen molar-refractivity contribution in [3.8, 4) is 22.5 Å². The number of halogens is 4. The molecule has 1 aromatic heterocycles. The number of ketones is 1. The quantitative estimate of drug-likeness (QED) is 0.0697. The Kier molecular flexibility index (Phi) is 13.3. The van der Waals surface area contributed by atoms with Gasteiger partial charge in [0.2, 0.25) is 11.7 Å². The first-order valence-electron chi connectivity index (χ1n) is 19.8. The van der Waals surface area contributed by atoms with E-state index < -0.39 is 41.3 Å². The van der Waals surface area contributed by atoms with Crippen molar-refractivity contribution in [2.75, 3.05) is 11.9 Å². The zero-order valence-electron chi connectivity index (χ0n) is 32.5. The number of rotatable bonds is 15. The SMILES string of the molecule is Cc1cc(C(=O)NC2CCC(O)CC2)ccc1-c1ccc(CC(CC(=O)C2CCC(CN)CC2)C(=O)Nc2ccc(-c3n[nH]c(C(F)(F)C(F)(F)C(=O)O)n3)cc2)cc1. The topological polar surface area (TPSA) is 200 Å². The standard InChI is InChI=1S/C43H48F4N6O6/c1-24-20-30(38(56)49-33-15-17-34(54)18-16-33)12-19-35(24)27-6-2-25(3-7-27)21-31(22-36(55)28-8-4-26(23-48)5-9-28)39(57)50-32-13-10-29(11-14-32)37-51-40(53-52-37)42(44,45)43(46,47)41(58)59/h2-3,6-7,10-14,19-20,26,28,31,33-34,54H,4-5,8-9,15-18,21-23,48H2,1H3,(H,49,56)(H,50,57)(H,58,59)(H,51,52,53). The molecule has 7 N–H and O–H groups in total. The molecule has 3 aromatic carbocycles. The molecule has 0 saturated heterocycles. The average Bonchev–Trinajstić information content (AvgIpc) is 3.73. The fourth-order valence-corrected chi connectivity index (χ4v) is 7.87. The fourth-order valence-electron chi connectivity index (χ4n) is 7.87. The third kappa shape index (κ3) is 10.0. The monoisotopic (exact) mass is 820 g/mol. The van der Waals surface area contributed by atoms with Gasteiger partial charge in [0, 0.05) is 41.1 Å². The normalized spacial score (nSPS) is 20.4. The molecule has 2 fully saturated rings. The first kappa shape index (κ1) is 43.1. The molecule has 1 heterocycles. The Morgan fingerprint density at radius 2 is 1.53 bits per heavy atom. The van der Waals surface area contributed by atoms with Gasteiger partial charge in [-0.25, -0.2) is 9.78 Å². The smallest absolute Gasteiger partial charge is 0.411 e. The number of carbonyl (C=O) groups is 4. The zero-order valence-corrected chi connectivity index (χ0v) is 32.5. The van der Waals surface area contributed by atoms with E-state index in [1.165, 1.54) is 24.3 Å². The van der Waals surface area contributed by atoms with Gasteiger partial charge in [-0.3, -0.25) is 19.5 Å². The van der Waals surface area contributed by atoms with Crippen molar-refractivity contribution in [2.24, 2.45) is 23.5 Å². The summed E-state index contributed by atoms with van der Waals surface area (Å²) in [5.74, 6) is -16.8. The van der Waals surface area contributed by atoms with E-state index in [4.69, 9.17) is 10.8 Å². The lowest BCUT2D eigenvalue weighted by molar-refractivity contribution is -0.231. The number of hydrogen-bond acceptors (Lipinski definition) is 8. The predicted octanol–water partition coefficient (Wildman–Crippen LogP) is 6.81. The minimum Gasteiger partial charge on any atom is -0.477 e. The Balaban J connectivity index is 1.14. The number of Topliss-reactive ketones (excluding diaryl/α,β-unsaturated/α-hetero) is 1. The van der Waals surface area contributed by atoms with E-state index in [0.29, 0.717) is 49.4 Å². The minimum absolute atomic E-state index is 0.000827. The molecule has 0 spiro atoms. The van der Waals surface area contributed by atoms with Crippen LogP contribution in [0.25, 0.3) is 22.5 Å². The van der Waals surface area contributed by atoms with Crippen molar-refractivity contribution >= 4 is 29.3 Å². The lowest BCUT2D eigenvalue weighted by Gasteiger charge is -2.27. The van der Waals surface area contributed by atoms with Crippen molar-refractivity contribution < 1.29 is 47.0 Å². The van der Waals surface area contributed by atoms with E-state index in [2.05, 4.69) is 20.7 Å². The van der Waals surface area contributed by atoms with Gasteiger partial charge in [-0.1, -0.05) is 30.3 Å². The van der Waals surface area contributed by atoms with Crippen LogP contribution >= 0.6 is 0 Å². The lowest BCUT2D eigenvalue weighted by atomic mass is 9.77. The number of hydrogen-bond donors (Lipinski definition) is 6. The number of aliphatic hydroxyl groups excluding tert-OH is 1. The second-order valence-electron chi connectivity index (χ2n) is 15.8. The van der Waals surface area contributed by atoms with Crippen LogP contribution in [0.4, 0.5) is 23.2 Å². The van der Waals surface area contributed by atoms with E-state index in [1.807, 2.05) is 43.3 Å². The number of aromatic amines is 1. The number of aliphatic carboxylic acids is 1. The number of nitrogens with zero attached hydrogens (tertiary/aromatic N) is 2. The summed E-state index contributed by atoms with van der Waals surface area (Å²) in [6, 6.07) is 18.9. The maximum Gasteiger partial charge on any atom is 0.411 e. The molecular weight excluding hydrogens is 773 g/mol. The highest BCUT2D eigenvalue weighted by molar-refractivity contribution is 5.96. The van der Waals surface area contributed by atoms with Crippen LogP contribution in [-0.2, 0) is 26.7 Å². The maximum atomic E-state index is 14.3. The Hall–Kier alpha value is -5.48. The fraction of sp³-hybridized carbons (Fsp3) is 0.442. The molecule has 6 rings (SSSR count). The summed E-state index contributed by atoms with van der Waals surface area (Å²) in [7, 11) is 0. The van der Waals surface area contributed by atoms with Gasteiger partial charge in [0.15, 0.2) is 5.82 Å². The molecular formula is C43H48F4N6O6. The molecule has 12 nitrogen and oxygen atoms in total. The summed E-state index contributed by atoms with van der Waals surface area (Å²) in [5.41, 5.74) is 10.4. The van der Waals surface area contributed by atoms with Gasteiger partial charge in [-0.2, -0.15) is 22.7 Å². The van der Waals surface area contributed by atoms with Crippen LogP contribution in [0.15, 0.2) is 66.7 Å². The largest absolute Gasteiger partial charge is 0.477 e. The van der Waals surface area contributed by atoms with E-state index >= 15 is 0 Å². The number of nitrogens with two attached hydrogens (primary N) is 1. The van der Waals surface area contributed by atoms with Gasteiger partial charge < -0.3 is 26.6 Å². The maximum absolute atomic E-state index is 14.3. The number of anilines is 1. The number of nitrogens with one attached hydrogen (secondary N) is 3. The molecule has 59 heavy (non-hydrogen) atoms. The van der Waals surface area contributed by atoms with Crippen LogP contribution < -0.4 is 16.4 Å². The summed E-state index contributed by atoms with van der Waals surface area (Å²) in [6.07, 6.45) is 5.87. The highest BCUT2D eigenvalue weighted by atomic mass is 19.3. The minimum atomic E-state index is -5.44. The zero-order chi connectivity index (χ0) is 42.5. The van der Waals surface area contributed by atoms with Crippen molar-refractivity contribution in [3.05, 3.63) is 89.2 Å². The van der Waals surface area contributed by atoms with E-state index in [0.717, 1.165) is 47.9 Å². The molecule has 16 heteroatoms. The summed E-state index contributed by atoms with van der Waals surface area (Å²) in [4.78, 5) is 54.6. The molecule has 2 amide bonds. The Morgan fingerprint density at radius 3 is 2.14 bits per heavy atom. The number of aliphatic hydroxyl groups is 1. The van der Waals surface area contributed by atoms with Crippen molar-refractivity contribution in [3.63, 3.8) is 0 Å². The number of aromatic nitrogens is 3. The van der Waals surface area contributed by atoms with Crippen LogP contribution in [0.3, 0.4) is 0 Å². The van der Waals surface area contributed by atoms with Gasteiger partial charge in [-0.05, 0) is 136 Å². The number of aryl methyl sites for hydroxylation is 1. The number of carboxylic acids is 1. The number of amides is 2. The van der Waals surface area contributed by atoms with E-state index in [1.54, 1.807) is 11.2 Å². The highest BCUT2D eigenvalue weighted by Crippen LogP contribution is 2.42. The summed E-state index contributed by atoms with van der Waals surface area (Å²) in [5, 5.41) is 29.5. The van der Waals surface area contributed by atoms with Crippen LogP contribution in [0, 0.1) is 24.7 Å². The van der Waals surface area contributed by atoms with Crippen LogP contribution in [0.5, 0.6) is 0 Å². The third-order valence-electron chi connectivity index (χ3n) is 11.6. The molecule has 1 atom stereocenters. The molecule has 2 aliphatic rings. The molecule has 314 valence electrons. The molecule has 2 aliphatic carbocycles. The number of carboxylic acid groups (broad SMARTS) is 1. The molecule has 2 saturated carbocycles. The first-order chi connectivity index (χ1) is 28.0. The lowest BCUT2D eigenvalue weighted by Crippen LogP contribution is -2.45. The molecule has 1 unspecified atom stereocenters. The Morgan fingerprint density at radius 1 is 0.881 bits per heavy atom. The molecule has 0 bridgehead atoms. The van der Waals surface area contributed by atoms with Gasteiger partial charge in [0.25, 0.3) is 5.91 Å². The summed E-state index contributed by atoms with van der Waals surface area (Å²) < 4.78 is 55.9. The van der Waals surface area contributed by atoms with Gasteiger partial charge in [-0.15, -0.1) is 0 Å². The molecule has 4 aromatic rings. The van der Waals surface area contributed by atoms with Crippen LogP contribution in [-0.4, -0.2) is 73.6 Å². The van der Waals surface area contributed by atoms with Crippen molar-refractivity contribution in [2.45, 2.75) is 95.1 Å². The Bertz CT molecular complexity index is 2130. The average molecular weight is 821 g/mol. The predicted molar refractivity (Wildman–Crippen MR) is 211 cm³/mol. The summed E-state index contributed by atoms with van der Waals surface area (Å²) in [6.45, 7) is 2.50. The second-order valence-corrected chi connectivity index (χ2v) is 15.8. The van der Waals surface area contributed by atoms with Gasteiger partial charge >= 0.3 is 17.8 Å². The molecule has 0 aliphatic heterocycles. The van der Waals surface area contributed by atoms with Gasteiger partial charge in [0.05, 0.1) is 6.10 Å². The van der Waals surface area contributed by atoms with Crippen molar-refractivity contribution in [1.82, 2.24) is 20.5 Å². The second kappa shape index (κ2) is 18.2. The summed E-state index contributed by atoms with van der Waals surface area (Å²) >= 11 is 0. The van der Waals surface area contributed by atoms with Gasteiger partial charge in [0.1, 0.15) is 5.78 Å². The van der Waals surface area contributed by atoms with Crippen LogP contribution in [0.2, 0.25) is 0 Å². The van der Waals surface area contributed by atoms with Crippen LogP contribution in [0.1, 0.15) is 85.1 Å².